The van der Waals surface area contributed by atoms with E-state index in [1.807, 2.05) is 14.0 Å². The second-order valence-electron chi connectivity index (χ2n) is 5.06. The van der Waals surface area contributed by atoms with Crippen molar-refractivity contribution in [2.75, 3.05) is 25.6 Å². The van der Waals surface area contributed by atoms with Gasteiger partial charge in [0.2, 0.25) is 0 Å². The zero-order chi connectivity index (χ0) is 15.1. The zero-order valence-corrected chi connectivity index (χ0v) is 12.7. The molecule has 0 aliphatic carbocycles. The molecule has 0 radical (unpaired) electrons. The number of hydrogen-bond acceptors (Lipinski definition) is 5. The second kappa shape index (κ2) is 7.81. The molecule has 0 fully saturated rings. The Hall–Kier alpha value is -1.66. The Balaban J connectivity index is 2.63. The molecule has 0 saturated heterocycles. The number of nitrogen functional groups attached to an aromatic ring is 1. The van der Waals surface area contributed by atoms with Gasteiger partial charge in [0.25, 0.3) is 5.91 Å². The lowest BCUT2D eigenvalue weighted by molar-refractivity contribution is 0.0948. The van der Waals surface area contributed by atoms with Gasteiger partial charge >= 0.3 is 0 Å². The minimum atomic E-state index is -0.101. The van der Waals surface area contributed by atoms with E-state index in [0.717, 1.165) is 18.7 Å². The third-order valence-corrected chi connectivity index (χ3v) is 3.28. The molecule has 0 bridgehead atoms. The van der Waals surface area contributed by atoms with Crippen molar-refractivity contribution in [3.8, 4) is 0 Å². The summed E-state index contributed by atoms with van der Waals surface area (Å²) in [5.74, 6) is 5.77. The first kappa shape index (κ1) is 16.4. The summed E-state index contributed by atoms with van der Waals surface area (Å²) in [5.41, 5.74) is 3.91. The summed E-state index contributed by atoms with van der Waals surface area (Å²) in [7, 11) is 2.04. The number of amides is 1. The van der Waals surface area contributed by atoms with E-state index in [0.29, 0.717) is 24.0 Å². The van der Waals surface area contributed by atoms with Crippen LogP contribution in [0.4, 0.5) is 5.82 Å². The van der Waals surface area contributed by atoms with Gasteiger partial charge in [-0.25, -0.2) is 10.8 Å². The standard InChI is InChI=1S/C14H25N5O/c1-5-12-8-11(9-13(17-12)18-15)14(20)16-6-7-19(4)10(2)3/h8-10H,5-7,15H2,1-4H3,(H,16,20)(H,17,18). The molecule has 0 aliphatic heterocycles. The highest BCUT2D eigenvalue weighted by atomic mass is 16.1. The van der Waals surface area contributed by atoms with Gasteiger partial charge in [-0.2, -0.15) is 0 Å². The van der Waals surface area contributed by atoms with E-state index in [9.17, 15) is 4.79 Å². The average Bonchev–Trinajstić information content (AvgIpc) is 2.46. The molecule has 1 aromatic heterocycles. The van der Waals surface area contributed by atoms with Crippen molar-refractivity contribution >= 4 is 11.7 Å². The Labute approximate surface area is 120 Å². The molecule has 0 unspecified atom stereocenters. The number of carbonyl (C=O) groups excluding carboxylic acids is 1. The third-order valence-electron chi connectivity index (χ3n) is 3.28. The fourth-order valence-corrected chi connectivity index (χ4v) is 1.68. The molecule has 112 valence electrons. The van der Waals surface area contributed by atoms with E-state index in [1.54, 1.807) is 12.1 Å². The lowest BCUT2D eigenvalue weighted by Gasteiger charge is -2.20. The normalized spacial score (nSPS) is 10.9. The lowest BCUT2D eigenvalue weighted by Crippen LogP contribution is -2.36. The van der Waals surface area contributed by atoms with Crippen LogP contribution in [0.1, 0.15) is 36.8 Å². The maximum absolute atomic E-state index is 12.1. The van der Waals surface area contributed by atoms with Crippen LogP contribution in [0.15, 0.2) is 12.1 Å². The molecule has 1 amide bonds. The smallest absolute Gasteiger partial charge is 0.251 e. The van der Waals surface area contributed by atoms with Gasteiger partial charge in [-0.3, -0.25) is 4.79 Å². The van der Waals surface area contributed by atoms with Crippen molar-refractivity contribution in [3.63, 3.8) is 0 Å². The molecule has 0 saturated carbocycles. The number of hydrogen-bond donors (Lipinski definition) is 3. The summed E-state index contributed by atoms with van der Waals surface area (Å²) in [6.07, 6.45) is 0.756. The molecule has 4 N–H and O–H groups in total. The van der Waals surface area contributed by atoms with Crippen molar-refractivity contribution in [1.29, 1.82) is 0 Å². The van der Waals surface area contributed by atoms with Gasteiger partial charge in [-0.1, -0.05) is 6.92 Å². The number of rotatable bonds is 7. The summed E-state index contributed by atoms with van der Waals surface area (Å²) in [5, 5.41) is 2.91. The van der Waals surface area contributed by atoms with Crippen LogP contribution >= 0.6 is 0 Å². The molecule has 1 rings (SSSR count). The highest BCUT2D eigenvalue weighted by Gasteiger charge is 2.09. The Morgan fingerprint density at radius 3 is 2.70 bits per heavy atom. The molecule has 0 aliphatic rings. The van der Waals surface area contributed by atoms with Crippen molar-refractivity contribution in [3.05, 3.63) is 23.4 Å². The van der Waals surface area contributed by atoms with E-state index >= 15 is 0 Å². The number of aryl methyl sites for hydroxylation is 1. The summed E-state index contributed by atoms with van der Waals surface area (Å²) in [4.78, 5) is 18.5. The molecular formula is C14H25N5O. The fraction of sp³-hybridized carbons (Fsp3) is 0.571. The van der Waals surface area contributed by atoms with E-state index in [1.165, 1.54) is 0 Å². The van der Waals surface area contributed by atoms with Crippen LogP contribution in [-0.4, -0.2) is 42.0 Å². The molecule has 0 atom stereocenters. The Morgan fingerprint density at radius 2 is 2.15 bits per heavy atom. The van der Waals surface area contributed by atoms with Gasteiger partial charge in [0, 0.05) is 30.4 Å². The summed E-state index contributed by atoms with van der Waals surface area (Å²) in [6, 6.07) is 3.91. The topological polar surface area (TPSA) is 83.3 Å². The Kier molecular flexibility index (Phi) is 6.41. The first-order valence-corrected chi connectivity index (χ1v) is 6.94. The number of likely N-dealkylation sites (N-methyl/N-ethyl adjacent to an activating group) is 1. The number of anilines is 1. The van der Waals surface area contributed by atoms with E-state index < -0.39 is 0 Å². The van der Waals surface area contributed by atoms with E-state index in [2.05, 4.69) is 34.5 Å². The van der Waals surface area contributed by atoms with Gasteiger partial charge in [0.15, 0.2) is 0 Å². The number of pyridine rings is 1. The molecule has 0 aromatic carbocycles. The van der Waals surface area contributed by atoms with Crippen LogP contribution in [-0.2, 0) is 6.42 Å². The van der Waals surface area contributed by atoms with Crippen LogP contribution in [0.2, 0.25) is 0 Å². The highest BCUT2D eigenvalue weighted by Crippen LogP contribution is 2.10. The van der Waals surface area contributed by atoms with E-state index in [-0.39, 0.29) is 5.91 Å². The van der Waals surface area contributed by atoms with Crippen LogP contribution in [0.3, 0.4) is 0 Å². The van der Waals surface area contributed by atoms with Gasteiger partial charge in [-0.05, 0) is 39.4 Å². The number of nitrogens with zero attached hydrogens (tertiary/aromatic N) is 2. The van der Waals surface area contributed by atoms with Crippen LogP contribution in [0.25, 0.3) is 0 Å². The molecule has 20 heavy (non-hydrogen) atoms. The number of carbonyl (C=O) groups is 1. The summed E-state index contributed by atoms with van der Waals surface area (Å²) >= 11 is 0. The maximum atomic E-state index is 12.1. The highest BCUT2D eigenvalue weighted by molar-refractivity contribution is 5.95. The zero-order valence-electron chi connectivity index (χ0n) is 12.7. The van der Waals surface area contributed by atoms with Crippen molar-refractivity contribution in [2.45, 2.75) is 33.2 Å². The van der Waals surface area contributed by atoms with Crippen LogP contribution in [0.5, 0.6) is 0 Å². The van der Waals surface area contributed by atoms with Crippen molar-refractivity contribution in [1.82, 2.24) is 15.2 Å². The number of aromatic nitrogens is 1. The SMILES string of the molecule is CCc1cc(C(=O)NCCN(C)C(C)C)cc(NN)n1. The Bertz CT molecular complexity index is 425. The van der Waals surface area contributed by atoms with Gasteiger partial charge in [0.1, 0.15) is 5.82 Å². The molecule has 6 heteroatoms. The maximum Gasteiger partial charge on any atom is 0.251 e. The molecule has 6 nitrogen and oxygen atoms in total. The largest absolute Gasteiger partial charge is 0.351 e. The first-order valence-electron chi connectivity index (χ1n) is 6.94. The number of nitrogens with one attached hydrogen (secondary N) is 2. The molecule has 0 spiro atoms. The molecule has 1 heterocycles. The average molecular weight is 279 g/mol. The first-order chi connectivity index (χ1) is 9.47. The van der Waals surface area contributed by atoms with Crippen molar-refractivity contribution in [2.24, 2.45) is 5.84 Å². The summed E-state index contributed by atoms with van der Waals surface area (Å²) in [6.45, 7) is 7.66. The predicted octanol–water partition coefficient (Wildman–Crippen LogP) is 1.000. The number of hydrazine groups is 1. The number of nitrogens with two attached hydrogens (primary N) is 1. The summed E-state index contributed by atoms with van der Waals surface area (Å²) < 4.78 is 0. The van der Waals surface area contributed by atoms with Crippen LogP contribution in [0, 0.1) is 0 Å². The fourth-order valence-electron chi connectivity index (χ4n) is 1.68. The van der Waals surface area contributed by atoms with Crippen LogP contribution < -0.4 is 16.6 Å². The van der Waals surface area contributed by atoms with Gasteiger partial charge in [-0.15, -0.1) is 0 Å². The lowest BCUT2D eigenvalue weighted by atomic mass is 10.2. The van der Waals surface area contributed by atoms with Gasteiger partial charge in [0.05, 0.1) is 0 Å². The molecular weight excluding hydrogens is 254 g/mol. The minimum absolute atomic E-state index is 0.101. The quantitative estimate of drug-likeness (QED) is 0.512. The van der Waals surface area contributed by atoms with Crippen molar-refractivity contribution < 1.29 is 4.79 Å². The third kappa shape index (κ3) is 4.79. The second-order valence-corrected chi connectivity index (χ2v) is 5.06. The Morgan fingerprint density at radius 1 is 1.45 bits per heavy atom. The predicted molar refractivity (Wildman–Crippen MR) is 81.5 cm³/mol. The minimum Gasteiger partial charge on any atom is -0.351 e. The van der Waals surface area contributed by atoms with E-state index in [4.69, 9.17) is 5.84 Å². The van der Waals surface area contributed by atoms with Gasteiger partial charge < -0.3 is 15.6 Å². The molecule has 1 aromatic rings. The monoisotopic (exact) mass is 279 g/mol.